The predicted molar refractivity (Wildman–Crippen MR) is 96.5 cm³/mol. The van der Waals surface area contributed by atoms with Crippen molar-refractivity contribution in [2.24, 2.45) is 0 Å². The number of rotatable bonds is 5. The quantitative estimate of drug-likeness (QED) is 0.830. The van der Waals surface area contributed by atoms with Gasteiger partial charge in [-0.3, -0.25) is 4.72 Å². The third kappa shape index (κ3) is 3.93. The third-order valence-electron chi connectivity index (χ3n) is 4.16. The van der Waals surface area contributed by atoms with Gasteiger partial charge in [0.1, 0.15) is 0 Å². The maximum atomic E-state index is 12.5. The molecule has 0 atom stereocenters. The van der Waals surface area contributed by atoms with Crippen LogP contribution in [0, 0.1) is 0 Å². The molecule has 1 aliphatic rings. The van der Waals surface area contributed by atoms with E-state index in [0.717, 1.165) is 18.8 Å². The van der Waals surface area contributed by atoms with E-state index >= 15 is 0 Å². The summed E-state index contributed by atoms with van der Waals surface area (Å²) >= 11 is 0. The lowest BCUT2D eigenvalue weighted by Crippen LogP contribution is -2.17. The minimum atomic E-state index is -3.78. The first-order chi connectivity index (χ1) is 12.0. The van der Waals surface area contributed by atoms with E-state index in [1.807, 2.05) is 12.1 Å². The summed E-state index contributed by atoms with van der Waals surface area (Å²) < 4.78 is 32.2. The highest BCUT2D eigenvalue weighted by Gasteiger charge is 2.17. The standard InChI is InChI=1S/C18H20N2O4S/c1-24-18(21)14-5-4-6-17(13-14)25(22,23)19-15-7-9-16(10-8-15)20-11-2-3-12-20/h4-10,13,19H,2-3,11-12H2,1H3. The maximum Gasteiger partial charge on any atom is 0.337 e. The van der Waals surface area contributed by atoms with Gasteiger partial charge in [0.05, 0.1) is 17.6 Å². The van der Waals surface area contributed by atoms with Gasteiger partial charge >= 0.3 is 5.97 Å². The number of methoxy groups -OCH3 is 1. The van der Waals surface area contributed by atoms with Crippen molar-refractivity contribution in [2.45, 2.75) is 17.7 Å². The Morgan fingerprint density at radius 2 is 1.76 bits per heavy atom. The van der Waals surface area contributed by atoms with Gasteiger partial charge in [-0.25, -0.2) is 13.2 Å². The van der Waals surface area contributed by atoms with E-state index in [-0.39, 0.29) is 10.5 Å². The Labute approximate surface area is 147 Å². The van der Waals surface area contributed by atoms with Crippen LogP contribution in [0.1, 0.15) is 23.2 Å². The molecule has 1 saturated heterocycles. The van der Waals surface area contributed by atoms with Gasteiger partial charge in [0.2, 0.25) is 0 Å². The van der Waals surface area contributed by atoms with Gasteiger partial charge in [-0.15, -0.1) is 0 Å². The zero-order chi connectivity index (χ0) is 17.9. The van der Waals surface area contributed by atoms with Crippen LogP contribution in [0.25, 0.3) is 0 Å². The number of carbonyl (C=O) groups excluding carboxylic acids is 1. The summed E-state index contributed by atoms with van der Waals surface area (Å²) in [4.78, 5) is 13.9. The summed E-state index contributed by atoms with van der Waals surface area (Å²) in [5.74, 6) is -0.577. The molecule has 2 aromatic carbocycles. The number of hydrogen-bond acceptors (Lipinski definition) is 5. The minimum absolute atomic E-state index is 0.0130. The van der Waals surface area contributed by atoms with E-state index in [9.17, 15) is 13.2 Å². The molecule has 0 amide bonds. The molecule has 0 saturated carbocycles. The number of benzene rings is 2. The molecule has 1 fully saturated rings. The molecule has 6 nitrogen and oxygen atoms in total. The lowest BCUT2D eigenvalue weighted by molar-refractivity contribution is 0.0600. The second-order valence-electron chi connectivity index (χ2n) is 5.87. The van der Waals surface area contributed by atoms with Crippen LogP contribution in [-0.4, -0.2) is 34.6 Å². The Bertz CT molecular complexity index is 857. The molecule has 0 aliphatic carbocycles. The summed E-state index contributed by atoms with van der Waals surface area (Å²) in [6, 6.07) is 13.1. The molecule has 3 rings (SSSR count). The lowest BCUT2D eigenvalue weighted by atomic mass is 10.2. The zero-order valence-electron chi connectivity index (χ0n) is 13.9. The lowest BCUT2D eigenvalue weighted by Gasteiger charge is -2.18. The molecular formula is C18H20N2O4S. The monoisotopic (exact) mass is 360 g/mol. The van der Waals surface area contributed by atoms with Crippen LogP contribution in [0.4, 0.5) is 11.4 Å². The number of esters is 1. The van der Waals surface area contributed by atoms with Crippen LogP contribution >= 0.6 is 0 Å². The molecule has 7 heteroatoms. The summed E-state index contributed by atoms with van der Waals surface area (Å²) in [5.41, 5.74) is 1.76. The fourth-order valence-electron chi connectivity index (χ4n) is 2.84. The number of anilines is 2. The fourth-order valence-corrected chi connectivity index (χ4v) is 3.94. The van der Waals surface area contributed by atoms with Crippen LogP contribution in [0.2, 0.25) is 0 Å². The van der Waals surface area contributed by atoms with E-state index in [4.69, 9.17) is 0 Å². The van der Waals surface area contributed by atoms with Crippen molar-refractivity contribution in [2.75, 3.05) is 29.8 Å². The molecule has 1 aliphatic heterocycles. The van der Waals surface area contributed by atoms with Gasteiger partial charge in [0.25, 0.3) is 10.0 Å². The van der Waals surface area contributed by atoms with Crippen molar-refractivity contribution in [1.29, 1.82) is 0 Å². The van der Waals surface area contributed by atoms with Crippen LogP contribution in [0.15, 0.2) is 53.4 Å². The van der Waals surface area contributed by atoms with Gasteiger partial charge in [0.15, 0.2) is 0 Å². The van der Waals surface area contributed by atoms with Gasteiger partial charge in [-0.05, 0) is 55.3 Å². The van der Waals surface area contributed by atoms with Crippen molar-refractivity contribution in [3.63, 3.8) is 0 Å². The molecule has 0 spiro atoms. The van der Waals surface area contributed by atoms with Crippen molar-refractivity contribution < 1.29 is 17.9 Å². The zero-order valence-corrected chi connectivity index (χ0v) is 14.8. The Kier molecular flexibility index (Phi) is 4.94. The predicted octanol–water partition coefficient (Wildman–Crippen LogP) is 2.87. The molecule has 0 radical (unpaired) electrons. The number of nitrogens with zero attached hydrogens (tertiary/aromatic N) is 1. The topological polar surface area (TPSA) is 75.7 Å². The van der Waals surface area contributed by atoms with Crippen molar-refractivity contribution >= 4 is 27.4 Å². The Balaban J connectivity index is 1.78. The summed E-state index contributed by atoms with van der Waals surface area (Å²) in [7, 11) is -2.53. The molecule has 0 unspecified atom stereocenters. The average molecular weight is 360 g/mol. The molecular weight excluding hydrogens is 340 g/mol. The van der Waals surface area contributed by atoms with Crippen LogP contribution in [0.5, 0.6) is 0 Å². The first kappa shape index (κ1) is 17.3. The van der Waals surface area contributed by atoms with E-state index in [1.54, 1.807) is 12.1 Å². The summed E-state index contributed by atoms with van der Waals surface area (Å²) in [6.45, 7) is 2.07. The second kappa shape index (κ2) is 7.14. The van der Waals surface area contributed by atoms with E-state index in [1.165, 1.54) is 44.2 Å². The van der Waals surface area contributed by atoms with Crippen LogP contribution < -0.4 is 9.62 Å². The first-order valence-electron chi connectivity index (χ1n) is 8.06. The highest BCUT2D eigenvalue weighted by atomic mass is 32.2. The largest absolute Gasteiger partial charge is 0.465 e. The van der Waals surface area contributed by atoms with Crippen molar-refractivity contribution in [3.8, 4) is 0 Å². The molecule has 132 valence electrons. The number of nitrogens with one attached hydrogen (secondary N) is 1. The minimum Gasteiger partial charge on any atom is -0.465 e. The highest BCUT2D eigenvalue weighted by Crippen LogP contribution is 2.23. The van der Waals surface area contributed by atoms with Crippen LogP contribution in [-0.2, 0) is 14.8 Å². The van der Waals surface area contributed by atoms with Gasteiger partial charge in [-0.2, -0.15) is 0 Å². The van der Waals surface area contributed by atoms with E-state index in [2.05, 4.69) is 14.4 Å². The van der Waals surface area contributed by atoms with E-state index < -0.39 is 16.0 Å². The number of carbonyl (C=O) groups is 1. The fraction of sp³-hybridized carbons (Fsp3) is 0.278. The van der Waals surface area contributed by atoms with Gasteiger partial charge in [-0.1, -0.05) is 6.07 Å². The molecule has 1 N–H and O–H groups in total. The number of sulfonamides is 1. The van der Waals surface area contributed by atoms with Crippen molar-refractivity contribution in [3.05, 3.63) is 54.1 Å². The normalized spacial score (nSPS) is 14.4. The summed E-state index contributed by atoms with van der Waals surface area (Å²) in [5, 5.41) is 0. The Hall–Kier alpha value is -2.54. The SMILES string of the molecule is COC(=O)c1cccc(S(=O)(=O)Nc2ccc(N3CCCC3)cc2)c1. The maximum absolute atomic E-state index is 12.5. The highest BCUT2D eigenvalue weighted by molar-refractivity contribution is 7.92. The average Bonchev–Trinajstić information content (AvgIpc) is 3.16. The Morgan fingerprint density at radius 3 is 2.40 bits per heavy atom. The molecule has 1 heterocycles. The molecule has 0 aromatic heterocycles. The summed E-state index contributed by atoms with van der Waals surface area (Å²) in [6.07, 6.45) is 2.37. The molecule has 0 bridgehead atoms. The van der Waals surface area contributed by atoms with Gasteiger partial charge < -0.3 is 9.64 Å². The van der Waals surface area contributed by atoms with Crippen LogP contribution in [0.3, 0.4) is 0 Å². The molecule has 25 heavy (non-hydrogen) atoms. The Morgan fingerprint density at radius 1 is 1.08 bits per heavy atom. The van der Waals surface area contributed by atoms with Crippen molar-refractivity contribution in [1.82, 2.24) is 0 Å². The first-order valence-corrected chi connectivity index (χ1v) is 9.54. The van der Waals surface area contributed by atoms with Gasteiger partial charge in [0, 0.05) is 24.5 Å². The smallest absolute Gasteiger partial charge is 0.337 e. The number of ether oxygens (including phenoxy) is 1. The van der Waals surface area contributed by atoms with E-state index in [0.29, 0.717) is 5.69 Å². The molecule has 2 aromatic rings. The second-order valence-corrected chi connectivity index (χ2v) is 7.55. The number of hydrogen-bond donors (Lipinski definition) is 1. The third-order valence-corrected chi connectivity index (χ3v) is 5.54.